The first-order valence-electron chi connectivity index (χ1n) is 4.33. The van der Waals surface area contributed by atoms with Crippen LogP contribution >= 0.6 is 0 Å². The van der Waals surface area contributed by atoms with E-state index in [1.165, 1.54) is 19.6 Å². The van der Waals surface area contributed by atoms with Gasteiger partial charge in [0.2, 0.25) is 0 Å². The third-order valence-corrected chi connectivity index (χ3v) is 2.48. The molecule has 1 aliphatic heterocycles. The fourth-order valence-corrected chi connectivity index (χ4v) is 1.61. The van der Waals surface area contributed by atoms with Gasteiger partial charge in [-0.2, -0.15) is 0 Å². The summed E-state index contributed by atoms with van der Waals surface area (Å²) in [4.78, 5) is 4.78. The van der Waals surface area contributed by atoms with E-state index in [-0.39, 0.29) is 0 Å². The zero-order valence-electron chi connectivity index (χ0n) is 7.58. The number of nitrogens with two attached hydrogens (primary N) is 1. The normalized spacial score (nSPS) is 29.2. The van der Waals surface area contributed by atoms with Gasteiger partial charge in [-0.1, -0.05) is 0 Å². The van der Waals surface area contributed by atoms with Crippen LogP contribution in [0, 0.1) is 0 Å². The summed E-state index contributed by atoms with van der Waals surface area (Å²) in [5.41, 5.74) is 5.52. The van der Waals surface area contributed by atoms with E-state index in [2.05, 4.69) is 23.9 Å². The van der Waals surface area contributed by atoms with Crippen molar-refractivity contribution in [3.63, 3.8) is 0 Å². The minimum Gasteiger partial charge on any atom is -0.330 e. The van der Waals surface area contributed by atoms with Crippen LogP contribution in [0.25, 0.3) is 0 Å². The molecule has 1 unspecified atom stereocenters. The second-order valence-corrected chi connectivity index (χ2v) is 3.47. The molecular weight excluding hydrogens is 138 g/mol. The van der Waals surface area contributed by atoms with Crippen LogP contribution in [0.5, 0.6) is 0 Å². The quantitative estimate of drug-likeness (QED) is 0.591. The summed E-state index contributed by atoms with van der Waals surface area (Å²) in [6.45, 7) is 4.36. The molecule has 1 aliphatic rings. The topological polar surface area (TPSA) is 32.5 Å². The molecule has 0 aromatic carbocycles. The van der Waals surface area contributed by atoms with Gasteiger partial charge in [-0.15, -0.1) is 0 Å². The lowest BCUT2D eigenvalue weighted by atomic mass is 10.1. The molecule has 0 aliphatic carbocycles. The molecule has 0 spiro atoms. The lowest BCUT2D eigenvalue weighted by Crippen LogP contribution is -2.50. The van der Waals surface area contributed by atoms with Gasteiger partial charge >= 0.3 is 0 Å². The first kappa shape index (κ1) is 8.97. The molecule has 0 radical (unpaired) electrons. The van der Waals surface area contributed by atoms with Crippen molar-refractivity contribution in [2.45, 2.75) is 12.5 Å². The average Bonchev–Trinajstić information content (AvgIpc) is 1.98. The molecule has 11 heavy (non-hydrogen) atoms. The van der Waals surface area contributed by atoms with E-state index < -0.39 is 0 Å². The molecule has 0 aromatic heterocycles. The summed E-state index contributed by atoms with van der Waals surface area (Å²) in [6.07, 6.45) is 1.13. The van der Waals surface area contributed by atoms with E-state index in [4.69, 9.17) is 5.73 Å². The van der Waals surface area contributed by atoms with Gasteiger partial charge in [0, 0.05) is 25.7 Å². The molecule has 1 heterocycles. The zero-order valence-corrected chi connectivity index (χ0v) is 7.58. The van der Waals surface area contributed by atoms with Gasteiger partial charge in [-0.25, -0.2) is 0 Å². The maximum atomic E-state index is 5.52. The Morgan fingerprint density at radius 1 is 1.36 bits per heavy atom. The SMILES string of the molecule is CN1CCN(C)C(CCN)C1. The van der Waals surface area contributed by atoms with Crippen molar-refractivity contribution < 1.29 is 0 Å². The Morgan fingerprint density at radius 2 is 2.09 bits per heavy atom. The Labute approximate surface area is 69.1 Å². The number of piperazine rings is 1. The van der Waals surface area contributed by atoms with Crippen molar-refractivity contribution in [1.29, 1.82) is 0 Å². The number of rotatable bonds is 2. The Bertz CT molecular complexity index is 116. The highest BCUT2D eigenvalue weighted by atomic mass is 15.3. The fourth-order valence-electron chi connectivity index (χ4n) is 1.61. The van der Waals surface area contributed by atoms with Crippen LogP contribution in [-0.2, 0) is 0 Å². The van der Waals surface area contributed by atoms with Crippen molar-refractivity contribution in [2.75, 3.05) is 40.3 Å². The van der Waals surface area contributed by atoms with Gasteiger partial charge in [-0.3, -0.25) is 0 Å². The predicted molar refractivity (Wildman–Crippen MR) is 47.6 cm³/mol. The van der Waals surface area contributed by atoms with E-state index in [0.29, 0.717) is 6.04 Å². The van der Waals surface area contributed by atoms with Crippen molar-refractivity contribution in [2.24, 2.45) is 5.73 Å². The highest BCUT2D eigenvalue weighted by Gasteiger charge is 2.20. The lowest BCUT2D eigenvalue weighted by molar-refractivity contribution is 0.110. The van der Waals surface area contributed by atoms with Crippen LogP contribution in [0.2, 0.25) is 0 Å². The molecule has 3 nitrogen and oxygen atoms in total. The molecule has 66 valence electrons. The third-order valence-electron chi connectivity index (χ3n) is 2.48. The third kappa shape index (κ3) is 2.43. The molecule has 1 atom stereocenters. The maximum absolute atomic E-state index is 5.52. The van der Waals surface area contributed by atoms with Crippen LogP contribution in [-0.4, -0.2) is 56.1 Å². The molecule has 0 saturated carbocycles. The van der Waals surface area contributed by atoms with Crippen molar-refractivity contribution in [3.05, 3.63) is 0 Å². The molecule has 0 aromatic rings. The van der Waals surface area contributed by atoms with Crippen LogP contribution in [0.15, 0.2) is 0 Å². The van der Waals surface area contributed by atoms with Crippen LogP contribution in [0.1, 0.15) is 6.42 Å². The molecule has 1 fully saturated rings. The Balaban J connectivity index is 2.34. The molecule has 0 amide bonds. The molecule has 2 N–H and O–H groups in total. The summed E-state index contributed by atoms with van der Waals surface area (Å²) in [5, 5.41) is 0. The minimum atomic E-state index is 0.679. The fraction of sp³-hybridized carbons (Fsp3) is 1.00. The van der Waals surface area contributed by atoms with E-state index in [0.717, 1.165) is 13.0 Å². The number of hydrogen-bond acceptors (Lipinski definition) is 3. The van der Waals surface area contributed by atoms with Crippen molar-refractivity contribution in [3.8, 4) is 0 Å². The number of hydrogen-bond donors (Lipinski definition) is 1. The molecule has 1 saturated heterocycles. The molecule has 3 heteroatoms. The predicted octanol–water partition coefficient (Wildman–Crippen LogP) is -0.419. The molecular formula is C8H19N3. The van der Waals surface area contributed by atoms with Gasteiger partial charge in [0.25, 0.3) is 0 Å². The average molecular weight is 157 g/mol. The van der Waals surface area contributed by atoms with Gasteiger partial charge in [0.05, 0.1) is 0 Å². The summed E-state index contributed by atoms with van der Waals surface area (Å²) in [5.74, 6) is 0. The highest BCUT2D eigenvalue weighted by molar-refractivity contribution is 4.78. The summed E-state index contributed by atoms with van der Waals surface area (Å²) < 4.78 is 0. The monoisotopic (exact) mass is 157 g/mol. The van der Waals surface area contributed by atoms with Crippen molar-refractivity contribution >= 4 is 0 Å². The molecule has 0 bridgehead atoms. The summed E-state index contributed by atoms with van der Waals surface area (Å²) >= 11 is 0. The Kier molecular flexibility index (Phi) is 3.30. The van der Waals surface area contributed by atoms with Crippen LogP contribution in [0.4, 0.5) is 0 Å². The number of likely N-dealkylation sites (N-methyl/N-ethyl adjacent to an activating group) is 2. The van der Waals surface area contributed by atoms with E-state index in [9.17, 15) is 0 Å². The van der Waals surface area contributed by atoms with E-state index in [1.807, 2.05) is 0 Å². The largest absolute Gasteiger partial charge is 0.330 e. The smallest absolute Gasteiger partial charge is 0.0232 e. The minimum absolute atomic E-state index is 0.679. The van der Waals surface area contributed by atoms with Gasteiger partial charge in [0.15, 0.2) is 0 Å². The van der Waals surface area contributed by atoms with Gasteiger partial charge in [-0.05, 0) is 27.1 Å². The van der Waals surface area contributed by atoms with Crippen LogP contribution < -0.4 is 5.73 Å². The standard InChI is InChI=1S/C8H19N3/c1-10-5-6-11(2)8(7-10)3-4-9/h8H,3-7,9H2,1-2H3. The van der Waals surface area contributed by atoms with Gasteiger partial charge < -0.3 is 15.5 Å². The Hall–Kier alpha value is -0.120. The van der Waals surface area contributed by atoms with Gasteiger partial charge in [0.1, 0.15) is 0 Å². The zero-order chi connectivity index (χ0) is 8.27. The second-order valence-electron chi connectivity index (χ2n) is 3.47. The first-order valence-corrected chi connectivity index (χ1v) is 4.33. The van der Waals surface area contributed by atoms with Crippen molar-refractivity contribution in [1.82, 2.24) is 9.80 Å². The summed E-state index contributed by atoms with van der Waals surface area (Å²) in [6, 6.07) is 0.679. The first-order chi connectivity index (χ1) is 5.24. The summed E-state index contributed by atoms with van der Waals surface area (Å²) in [7, 11) is 4.36. The second kappa shape index (κ2) is 4.04. The maximum Gasteiger partial charge on any atom is 0.0232 e. The Morgan fingerprint density at radius 3 is 2.73 bits per heavy atom. The number of nitrogens with zero attached hydrogens (tertiary/aromatic N) is 2. The van der Waals surface area contributed by atoms with Crippen LogP contribution in [0.3, 0.4) is 0 Å². The highest BCUT2D eigenvalue weighted by Crippen LogP contribution is 2.07. The van der Waals surface area contributed by atoms with E-state index >= 15 is 0 Å². The van der Waals surface area contributed by atoms with E-state index in [1.54, 1.807) is 0 Å². The molecule has 1 rings (SSSR count). The lowest BCUT2D eigenvalue weighted by Gasteiger charge is -2.37.